The van der Waals surface area contributed by atoms with Gasteiger partial charge < -0.3 is 10.4 Å². The maximum Gasteiger partial charge on any atom is 0.305 e. The number of nitrogens with zero attached hydrogens (tertiary/aromatic N) is 2. The zero-order valence-corrected chi connectivity index (χ0v) is 12.7. The lowest BCUT2D eigenvalue weighted by Gasteiger charge is -2.17. The standard InChI is InChI=1S/C16H18FN3O3/c1-11-9-18-20(10-11)7-6-15(21)19-14(8-16(22)23)12-2-4-13(17)5-3-12/h2-5,9-10,14H,6-8H2,1H3,(H,19,21)(H,22,23)/t14-/m0/s1. The first-order valence-electron chi connectivity index (χ1n) is 7.19. The molecule has 0 aliphatic rings. The fourth-order valence-electron chi connectivity index (χ4n) is 2.19. The molecular weight excluding hydrogens is 301 g/mol. The van der Waals surface area contributed by atoms with E-state index in [9.17, 15) is 14.0 Å². The minimum absolute atomic E-state index is 0.179. The van der Waals surface area contributed by atoms with Crippen LogP contribution in [0, 0.1) is 12.7 Å². The third-order valence-corrected chi connectivity index (χ3v) is 3.32. The van der Waals surface area contributed by atoms with Crippen LogP contribution in [0.3, 0.4) is 0 Å². The molecule has 0 aliphatic carbocycles. The van der Waals surface area contributed by atoms with Gasteiger partial charge in [0.25, 0.3) is 0 Å². The molecule has 0 spiro atoms. The number of aliphatic carboxylic acids is 1. The van der Waals surface area contributed by atoms with E-state index in [2.05, 4.69) is 10.4 Å². The first kappa shape index (κ1) is 16.7. The van der Waals surface area contributed by atoms with Gasteiger partial charge in [0.2, 0.25) is 5.91 Å². The molecule has 6 nitrogen and oxygen atoms in total. The second-order valence-corrected chi connectivity index (χ2v) is 5.30. The minimum Gasteiger partial charge on any atom is -0.481 e. The summed E-state index contributed by atoms with van der Waals surface area (Å²) in [5.74, 6) is -1.74. The molecule has 0 fully saturated rings. The molecule has 1 atom stereocenters. The summed E-state index contributed by atoms with van der Waals surface area (Å²) >= 11 is 0. The van der Waals surface area contributed by atoms with Gasteiger partial charge in [-0.05, 0) is 30.2 Å². The summed E-state index contributed by atoms with van der Waals surface area (Å²) in [6.45, 7) is 2.31. The first-order chi connectivity index (χ1) is 10.9. The summed E-state index contributed by atoms with van der Waals surface area (Å²) < 4.78 is 14.6. The molecule has 0 saturated heterocycles. The number of hydrogen-bond donors (Lipinski definition) is 2. The van der Waals surface area contributed by atoms with Gasteiger partial charge in [-0.2, -0.15) is 5.10 Å². The highest BCUT2D eigenvalue weighted by Crippen LogP contribution is 2.17. The van der Waals surface area contributed by atoms with Crippen LogP contribution in [-0.2, 0) is 16.1 Å². The van der Waals surface area contributed by atoms with Gasteiger partial charge in [-0.3, -0.25) is 14.3 Å². The number of benzene rings is 1. The molecule has 0 saturated carbocycles. The Morgan fingerprint density at radius 3 is 2.61 bits per heavy atom. The van der Waals surface area contributed by atoms with Crippen LogP contribution in [0.5, 0.6) is 0 Å². The van der Waals surface area contributed by atoms with Crippen LogP contribution in [0.15, 0.2) is 36.7 Å². The van der Waals surface area contributed by atoms with E-state index in [4.69, 9.17) is 5.11 Å². The number of aryl methyl sites for hydroxylation is 2. The predicted octanol–water partition coefficient (Wildman–Crippen LogP) is 2.05. The van der Waals surface area contributed by atoms with E-state index in [0.717, 1.165) is 5.56 Å². The van der Waals surface area contributed by atoms with Crippen LogP contribution in [0.25, 0.3) is 0 Å². The van der Waals surface area contributed by atoms with Crippen molar-refractivity contribution in [3.63, 3.8) is 0 Å². The quantitative estimate of drug-likeness (QED) is 0.818. The summed E-state index contributed by atoms with van der Waals surface area (Å²) in [6.07, 6.45) is 3.43. The molecule has 1 aromatic heterocycles. The third kappa shape index (κ3) is 5.21. The number of rotatable bonds is 7. The molecule has 0 unspecified atom stereocenters. The maximum absolute atomic E-state index is 13.0. The summed E-state index contributed by atoms with van der Waals surface area (Å²) in [5, 5.41) is 15.7. The van der Waals surface area contributed by atoms with Crippen molar-refractivity contribution in [2.24, 2.45) is 0 Å². The highest BCUT2D eigenvalue weighted by molar-refractivity contribution is 5.77. The van der Waals surface area contributed by atoms with Crippen LogP contribution in [0.1, 0.15) is 30.0 Å². The number of carboxylic acids is 1. The number of nitrogens with one attached hydrogen (secondary N) is 1. The first-order valence-corrected chi connectivity index (χ1v) is 7.19. The smallest absolute Gasteiger partial charge is 0.305 e. The SMILES string of the molecule is Cc1cnn(CCC(=O)N[C@@H](CC(=O)O)c2ccc(F)cc2)c1. The lowest BCUT2D eigenvalue weighted by molar-refractivity contribution is -0.137. The Bertz CT molecular complexity index is 682. The van der Waals surface area contributed by atoms with Gasteiger partial charge in [-0.15, -0.1) is 0 Å². The van der Waals surface area contributed by atoms with E-state index in [1.165, 1.54) is 24.3 Å². The molecule has 0 bridgehead atoms. The lowest BCUT2D eigenvalue weighted by atomic mass is 10.0. The summed E-state index contributed by atoms with van der Waals surface area (Å²) in [6, 6.07) is 4.73. The summed E-state index contributed by atoms with van der Waals surface area (Å²) in [4.78, 5) is 23.0. The van der Waals surface area contributed by atoms with Gasteiger partial charge in [0, 0.05) is 19.2 Å². The molecule has 0 aliphatic heterocycles. The number of carbonyl (C=O) groups excluding carboxylic acids is 1. The molecule has 2 N–H and O–H groups in total. The van der Waals surface area contributed by atoms with E-state index in [1.807, 2.05) is 13.1 Å². The Kier molecular flexibility index (Phi) is 5.46. The third-order valence-electron chi connectivity index (χ3n) is 3.32. The second-order valence-electron chi connectivity index (χ2n) is 5.30. The number of carboxylic acid groups (broad SMARTS) is 1. The Balaban J connectivity index is 1.97. The van der Waals surface area contributed by atoms with Crippen LogP contribution in [-0.4, -0.2) is 26.8 Å². The Labute approximate surface area is 132 Å². The fourth-order valence-corrected chi connectivity index (χ4v) is 2.19. The number of carbonyl (C=O) groups is 2. The number of hydrogen-bond acceptors (Lipinski definition) is 3. The van der Waals surface area contributed by atoms with Gasteiger partial charge in [0.15, 0.2) is 0 Å². The van der Waals surface area contributed by atoms with Crippen molar-refractivity contribution in [3.05, 3.63) is 53.6 Å². The van der Waals surface area contributed by atoms with Crippen molar-refractivity contribution < 1.29 is 19.1 Å². The van der Waals surface area contributed by atoms with Crippen molar-refractivity contribution in [2.45, 2.75) is 32.4 Å². The molecule has 1 aromatic carbocycles. The van der Waals surface area contributed by atoms with E-state index in [0.29, 0.717) is 12.1 Å². The van der Waals surface area contributed by atoms with Crippen LogP contribution < -0.4 is 5.32 Å². The molecule has 1 amide bonds. The van der Waals surface area contributed by atoms with Crippen LogP contribution in [0.4, 0.5) is 4.39 Å². The van der Waals surface area contributed by atoms with Gasteiger partial charge in [-0.25, -0.2) is 4.39 Å². The maximum atomic E-state index is 13.0. The van der Waals surface area contributed by atoms with Crippen molar-refractivity contribution in [2.75, 3.05) is 0 Å². The zero-order chi connectivity index (χ0) is 16.8. The van der Waals surface area contributed by atoms with Crippen molar-refractivity contribution >= 4 is 11.9 Å². The molecule has 122 valence electrons. The lowest BCUT2D eigenvalue weighted by Crippen LogP contribution is -2.30. The Hall–Kier alpha value is -2.70. The van der Waals surface area contributed by atoms with Gasteiger partial charge in [0.05, 0.1) is 18.7 Å². The monoisotopic (exact) mass is 319 g/mol. The van der Waals surface area contributed by atoms with Crippen molar-refractivity contribution in [1.29, 1.82) is 0 Å². The molecule has 7 heteroatoms. The highest BCUT2D eigenvalue weighted by atomic mass is 19.1. The van der Waals surface area contributed by atoms with E-state index in [1.54, 1.807) is 10.9 Å². The Morgan fingerprint density at radius 2 is 2.04 bits per heavy atom. The summed E-state index contributed by atoms with van der Waals surface area (Å²) in [5.41, 5.74) is 1.55. The Morgan fingerprint density at radius 1 is 1.35 bits per heavy atom. The average Bonchev–Trinajstić information content (AvgIpc) is 2.90. The number of aromatic nitrogens is 2. The molecule has 2 aromatic rings. The van der Waals surface area contributed by atoms with Crippen molar-refractivity contribution in [1.82, 2.24) is 15.1 Å². The van der Waals surface area contributed by atoms with Crippen LogP contribution in [0.2, 0.25) is 0 Å². The predicted molar refractivity (Wildman–Crippen MR) is 81.1 cm³/mol. The second kappa shape index (κ2) is 7.53. The largest absolute Gasteiger partial charge is 0.481 e. The molecule has 23 heavy (non-hydrogen) atoms. The van der Waals surface area contributed by atoms with E-state index < -0.39 is 17.8 Å². The van der Waals surface area contributed by atoms with Gasteiger partial charge in [-0.1, -0.05) is 12.1 Å². The summed E-state index contributed by atoms with van der Waals surface area (Å²) in [7, 11) is 0. The van der Waals surface area contributed by atoms with Gasteiger partial charge >= 0.3 is 5.97 Å². The number of amides is 1. The van der Waals surface area contributed by atoms with Crippen molar-refractivity contribution in [3.8, 4) is 0 Å². The topological polar surface area (TPSA) is 84.2 Å². The highest BCUT2D eigenvalue weighted by Gasteiger charge is 2.18. The fraction of sp³-hybridized carbons (Fsp3) is 0.312. The normalized spacial score (nSPS) is 11.9. The van der Waals surface area contributed by atoms with E-state index in [-0.39, 0.29) is 18.7 Å². The van der Waals surface area contributed by atoms with E-state index >= 15 is 0 Å². The molecule has 0 radical (unpaired) electrons. The van der Waals surface area contributed by atoms with Gasteiger partial charge in [0.1, 0.15) is 5.82 Å². The van der Waals surface area contributed by atoms with Crippen LogP contribution >= 0.6 is 0 Å². The minimum atomic E-state index is -1.04. The number of halogens is 1. The molecule has 1 heterocycles. The zero-order valence-electron chi connectivity index (χ0n) is 12.7. The average molecular weight is 319 g/mol. The molecular formula is C16H18FN3O3. The molecule has 2 rings (SSSR count).